The van der Waals surface area contributed by atoms with E-state index >= 15 is 0 Å². The van der Waals surface area contributed by atoms with E-state index in [4.69, 9.17) is 6.42 Å². The van der Waals surface area contributed by atoms with E-state index in [1.807, 2.05) is 36.4 Å². The van der Waals surface area contributed by atoms with Crippen molar-refractivity contribution in [3.8, 4) is 23.5 Å². The molecular formula is C17H15F. The third-order valence-corrected chi connectivity index (χ3v) is 2.93. The van der Waals surface area contributed by atoms with Gasteiger partial charge in [0, 0.05) is 11.1 Å². The van der Waals surface area contributed by atoms with Gasteiger partial charge in [0.1, 0.15) is 5.82 Å². The Morgan fingerprint density at radius 1 is 1.11 bits per heavy atom. The fourth-order valence-corrected chi connectivity index (χ4v) is 1.98. The molecule has 0 heterocycles. The number of halogens is 1. The van der Waals surface area contributed by atoms with Gasteiger partial charge in [-0.05, 0) is 35.7 Å². The summed E-state index contributed by atoms with van der Waals surface area (Å²) in [6.07, 6.45) is 7.23. The molecule has 0 nitrogen and oxygen atoms in total. The van der Waals surface area contributed by atoms with Crippen molar-refractivity contribution in [1.29, 1.82) is 0 Å². The van der Waals surface area contributed by atoms with Crippen LogP contribution in [0.4, 0.5) is 4.39 Å². The molecular weight excluding hydrogens is 223 g/mol. The number of benzene rings is 2. The topological polar surface area (TPSA) is 0 Å². The molecule has 1 heteroatoms. The van der Waals surface area contributed by atoms with E-state index in [9.17, 15) is 4.39 Å². The molecule has 2 rings (SSSR count). The first-order valence-electron chi connectivity index (χ1n) is 6.10. The lowest BCUT2D eigenvalue weighted by molar-refractivity contribution is 0.628. The molecule has 0 N–H and O–H groups in total. The van der Waals surface area contributed by atoms with Crippen LogP contribution in [0.2, 0.25) is 0 Å². The van der Waals surface area contributed by atoms with Crippen LogP contribution < -0.4 is 0 Å². The first-order chi connectivity index (χ1) is 8.74. The molecule has 0 amide bonds. The maximum absolute atomic E-state index is 14.0. The Balaban J connectivity index is 2.35. The van der Waals surface area contributed by atoms with Crippen molar-refractivity contribution in [3.63, 3.8) is 0 Å². The van der Waals surface area contributed by atoms with Crippen LogP contribution in [-0.2, 0) is 6.42 Å². The van der Waals surface area contributed by atoms with Crippen molar-refractivity contribution in [1.82, 2.24) is 0 Å². The van der Waals surface area contributed by atoms with Crippen LogP contribution in [0.5, 0.6) is 0 Å². The van der Waals surface area contributed by atoms with E-state index < -0.39 is 0 Å². The third kappa shape index (κ3) is 2.60. The third-order valence-electron chi connectivity index (χ3n) is 2.93. The Morgan fingerprint density at radius 3 is 2.39 bits per heavy atom. The Hall–Kier alpha value is -2.07. The smallest absolute Gasteiger partial charge is 0.131 e. The van der Waals surface area contributed by atoms with Gasteiger partial charge in [0.2, 0.25) is 0 Å². The van der Waals surface area contributed by atoms with E-state index in [-0.39, 0.29) is 5.82 Å². The molecule has 0 atom stereocenters. The Morgan fingerprint density at radius 2 is 1.83 bits per heavy atom. The number of terminal acetylenes is 1. The molecule has 0 radical (unpaired) electrons. The van der Waals surface area contributed by atoms with Gasteiger partial charge in [-0.15, -0.1) is 6.42 Å². The molecule has 2 aromatic carbocycles. The molecule has 0 saturated heterocycles. The minimum Gasteiger partial charge on any atom is -0.206 e. The fraction of sp³-hybridized carbons (Fsp3) is 0.176. The van der Waals surface area contributed by atoms with Crippen LogP contribution in [0.15, 0.2) is 42.5 Å². The second-order valence-electron chi connectivity index (χ2n) is 4.29. The van der Waals surface area contributed by atoms with Crippen molar-refractivity contribution in [2.24, 2.45) is 0 Å². The zero-order valence-corrected chi connectivity index (χ0v) is 10.4. The minimum atomic E-state index is -0.172. The van der Waals surface area contributed by atoms with Gasteiger partial charge in [0.05, 0.1) is 0 Å². The van der Waals surface area contributed by atoms with Crippen LogP contribution in [0.3, 0.4) is 0 Å². The summed E-state index contributed by atoms with van der Waals surface area (Å²) in [6.45, 7) is 2.09. The van der Waals surface area contributed by atoms with Crippen molar-refractivity contribution in [2.45, 2.75) is 19.8 Å². The molecule has 0 bridgehead atoms. The molecule has 0 aliphatic rings. The Labute approximate surface area is 107 Å². The Bertz CT molecular complexity index is 574. The number of hydrogen-bond donors (Lipinski definition) is 0. The van der Waals surface area contributed by atoms with Crippen LogP contribution in [0.1, 0.15) is 24.5 Å². The van der Waals surface area contributed by atoms with Crippen molar-refractivity contribution < 1.29 is 4.39 Å². The highest BCUT2D eigenvalue weighted by molar-refractivity contribution is 5.65. The van der Waals surface area contributed by atoms with E-state index in [0.717, 1.165) is 29.5 Å². The van der Waals surface area contributed by atoms with E-state index in [0.29, 0.717) is 5.56 Å². The standard InChI is InChI=1S/C17H15F/c1-3-5-14-8-11-16(17(18)12-14)15-9-6-13(4-2)7-10-15/h2,6-12H,3,5H2,1H3. The average Bonchev–Trinajstić information content (AvgIpc) is 2.40. The van der Waals surface area contributed by atoms with Crippen LogP contribution in [0.25, 0.3) is 11.1 Å². The van der Waals surface area contributed by atoms with Crippen molar-refractivity contribution >= 4 is 0 Å². The second-order valence-corrected chi connectivity index (χ2v) is 4.29. The summed E-state index contributed by atoms with van der Waals surface area (Å²) in [6, 6.07) is 12.8. The van der Waals surface area contributed by atoms with Gasteiger partial charge < -0.3 is 0 Å². The Kier molecular flexibility index (Phi) is 3.79. The lowest BCUT2D eigenvalue weighted by Crippen LogP contribution is -1.89. The molecule has 0 saturated carbocycles. The summed E-state index contributed by atoms with van der Waals surface area (Å²) in [5, 5.41) is 0. The minimum absolute atomic E-state index is 0.172. The molecule has 2 aromatic rings. The number of hydrogen-bond acceptors (Lipinski definition) is 0. The van der Waals surface area contributed by atoms with Gasteiger partial charge in [0.25, 0.3) is 0 Å². The first-order valence-corrected chi connectivity index (χ1v) is 6.10. The van der Waals surface area contributed by atoms with Crippen molar-refractivity contribution in [2.75, 3.05) is 0 Å². The molecule has 0 aromatic heterocycles. The highest BCUT2D eigenvalue weighted by Crippen LogP contribution is 2.24. The van der Waals surface area contributed by atoms with E-state index in [1.54, 1.807) is 6.07 Å². The van der Waals surface area contributed by atoms with Gasteiger partial charge in [-0.2, -0.15) is 0 Å². The largest absolute Gasteiger partial charge is 0.206 e. The average molecular weight is 238 g/mol. The summed E-state index contributed by atoms with van der Waals surface area (Å²) in [4.78, 5) is 0. The van der Waals surface area contributed by atoms with Gasteiger partial charge in [-0.1, -0.05) is 43.5 Å². The zero-order chi connectivity index (χ0) is 13.0. The maximum atomic E-state index is 14.0. The molecule has 0 fully saturated rings. The summed E-state index contributed by atoms with van der Waals surface area (Å²) in [5.74, 6) is 2.38. The van der Waals surface area contributed by atoms with Crippen LogP contribution >= 0.6 is 0 Å². The molecule has 0 spiro atoms. The van der Waals surface area contributed by atoms with Crippen molar-refractivity contribution in [3.05, 3.63) is 59.4 Å². The van der Waals surface area contributed by atoms with Crippen LogP contribution in [0, 0.1) is 18.2 Å². The maximum Gasteiger partial charge on any atom is 0.131 e. The van der Waals surface area contributed by atoms with Gasteiger partial charge in [-0.3, -0.25) is 0 Å². The highest BCUT2D eigenvalue weighted by atomic mass is 19.1. The van der Waals surface area contributed by atoms with Gasteiger partial charge in [0.15, 0.2) is 0 Å². The number of rotatable bonds is 3. The highest BCUT2D eigenvalue weighted by Gasteiger charge is 2.05. The predicted octanol–water partition coefficient (Wildman–Crippen LogP) is 4.43. The molecule has 0 aliphatic carbocycles. The fourth-order valence-electron chi connectivity index (χ4n) is 1.98. The quantitative estimate of drug-likeness (QED) is 0.694. The molecule has 90 valence electrons. The molecule has 18 heavy (non-hydrogen) atoms. The predicted molar refractivity (Wildman–Crippen MR) is 73.8 cm³/mol. The SMILES string of the molecule is C#Cc1ccc(-c2ccc(CCC)cc2F)cc1. The van der Waals surface area contributed by atoms with Gasteiger partial charge in [-0.25, -0.2) is 4.39 Å². The lowest BCUT2D eigenvalue weighted by atomic mass is 10.0. The van der Waals surface area contributed by atoms with E-state index in [2.05, 4.69) is 12.8 Å². The van der Waals surface area contributed by atoms with Crippen LogP contribution in [-0.4, -0.2) is 0 Å². The van der Waals surface area contributed by atoms with Gasteiger partial charge >= 0.3 is 0 Å². The molecule has 0 unspecified atom stereocenters. The summed E-state index contributed by atoms with van der Waals surface area (Å²) in [7, 11) is 0. The van der Waals surface area contributed by atoms with E-state index in [1.165, 1.54) is 0 Å². The summed E-state index contributed by atoms with van der Waals surface area (Å²) >= 11 is 0. The zero-order valence-electron chi connectivity index (χ0n) is 10.4. The molecule has 0 aliphatic heterocycles. The monoisotopic (exact) mass is 238 g/mol. The summed E-state index contributed by atoms with van der Waals surface area (Å²) < 4.78 is 14.0. The number of aryl methyl sites for hydroxylation is 1. The normalized spacial score (nSPS) is 10.1. The second kappa shape index (κ2) is 5.51. The first kappa shape index (κ1) is 12.4. The lowest BCUT2D eigenvalue weighted by Gasteiger charge is -2.06. The summed E-state index contributed by atoms with van der Waals surface area (Å²) in [5.41, 5.74) is 3.33.